The van der Waals surface area contributed by atoms with E-state index in [1.54, 1.807) is 6.20 Å². The van der Waals surface area contributed by atoms with Gasteiger partial charge in [0.15, 0.2) is 0 Å². The van der Waals surface area contributed by atoms with Crippen LogP contribution in [0, 0.1) is 0 Å². The summed E-state index contributed by atoms with van der Waals surface area (Å²) < 4.78 is 0. The van der Waals surface area contributed by atoms with Gasteiger partial charge in [0.25, 0.3) is 0 Å². The first-order valence-corrected chi connectivity index (χ1v) is 5.19. The highest BCUT2D eigenvalue weighted by Crippen LogP contribution is 2.19. The monoisotopic (exact) mass is 209 g/mol. The zero-order valence-electron chi connectivity index (χ0n) is 9.57. The second kappa shape index (κ2) is 5.56. The van der Waals surface area contributed by atoms with Crippen molar-refractivity contribution in [2.75, 3.05) is 30.4 Å². The van der Waals surface area contributed by atoms with Gasteiger partial charge in [-0.25, -0.2) is 0 Å². The van der Waals surface area contributed by atoms with Crippen LogP contribution in [0.1, 0.15) is 13.8 Å². The molecule has 0 atom stereocenters. The molecule has 0 spiro atoms. The molecule has 0 unspecified atom stereocenters. The van der Waals surface area contributed by atoms with Gasteiger partial charge >= 0.3 is 0 Å². The standard InChI is InChI=1S/C11H19N3O/c1-9(2)14(4-5-15)11-6-10(12-3)7-13-8-11/h6-9,12,15H,4-5H2,1-3H3. The summed E-state index contributed by atoms with van der Waals surface area (Å²) in [4.78, 5) is 6.27. The minimum atomic E-state index is 0.155. The van der Waals surface area contributed by atoms with E-state index in [0.29, 0.717) is 12.6 Å². The zero-order valence-corrected chi connectivity index (χ0v) is 9.57. The Morgan fingerprint density at radius 2 is 2.20 bits per heavy atom. The number of rotatable bonds is 5. The largest absolute Gasteiger partial charge is 0.395 e. The van der Waals surface area contributed by atoms with E-state index in [1.807, 2.05) is 19.3 Å². The maximum atomic E-state index is 9.00. The van der Waals surface area contributed by atoms with Gasteiger partial charge in [-0.15, -0.1) is 0 Å². The summed E-state index contributed by atoms with van der Waals surface area (Å²) >= 11 is 0. The van der Waals surface area contributed by atoms with Gasteiger partial charge in [0, 0.05) is 19.6 Å². The normalized spacial score (nSPS) is 10.5. The van der Waals surface area contributed by atoms with Crippen molar-refractivity contribution in [1.82, 2.24) is 4.98 Å². The van der Waals surface area contributed by atoms with Crippen LogP contribution in [0.25, 0.3) is 0 Å². The lowest BCUT2D eigenvalue weighted by Gasteiger charge is -2.28. The third-order valence-electron chi connectivity index (χ3n) is 2.31. The molecule has 0 fully saturated rings. The van der Waals surface area contributed by atoms with E-state index in [1.165, 1.54) is 0 Å². The molecular weight excluding hydrogens is 190 g/mol. The van der Waals surface area contributed by atoms with Crippen LogP contribution < -0.4 is 10.2 Å². The van der Waals surface area contributed by atoms with Crippen LogP contribution in [-0.2, 0) is 0 Å². The number of nitrogens with zero attached hydrogens (tertiary/aromatic N) is 2. The fourth-order valence-electron chi connectivity index (χ4n) is 1.51. The van der Waals surface area contributed by atoms with Crippen molar-refractivity contribution in [3.05, 3.63) is 18.5 Å². The topological polar surface area (TPSA) is 48.4 Å². The highest BCUT2D eigenvalue weighted by Gasteiger charge is 2.10. The molecule has 0 radical (unpaired) electrons. The Morgan fingerprint density at radius 1 is 1.47 bits per heavy atom. The molecule has 0 aliphatic heterocycles. The smallest absolute Gasteiger partial charge is 0.0606 e. The Kier molecular flexibility index (Phi) is 4.37. The average Bonchev–Trinajstić information content (AvgIpc) is 2.25. The molecule has 1 aromatic heterocycles. The second-order valence-electron chi connectivity index (χ2n) is 3.69. The molecule has 0 saturated heterocycles. The molecule has 4 nitrogen and oxygen atoms in total. The van der Waals surface area contributed by atoms with Crippen LogP contribution >= 0.6 is 0 Å². The Labute approximate surface area is 90.9 Å². The van der Waals surface area contributed by atoms with Crippen molar-refractivity contribution in [1.29, 1.82) is 0 Å². The highest BCUT2D eigenvalue weighted by atomic mass is 16.3. The molecule has 84 valence electrons. The number of aliphatic hydroxyl groups is 1. The molecule has 0 bridgehead atoms. The summed E-state index contributed by atoms with van der Waals surface area (Å²) in [6.45, 7) is 4.98. The predicted octanol–water partition coefficient (Wildman–Crippen LogP) is 1.33. The molecule has 0 amide bonds. The predicted molar refractivity (Wildman–Crippen MR) is 63.4 cm³/mol. The van der Waals surface area contributed by atoms with Gasteiger partial charge in [-0.3, -0.25) is 4.98 Å². The number of aliphatic hydroxyl groups excluding tert-OH is 1. The fourth-order valence-corrected chi connectivity index (χ4v) is 1.51. The summed E-state index contributed by atoms with van der Waals surface area (Å²) in [6, 6.07) is 2.38. The molecule has 0 aliphatic rings. The first kappa shape index (κ1) is 11.8. The minimum absolute atomic E-state index is 0.155. The minimum Gasteiger partial charge on any atom is -0.395 e. The Balaban J connectivity index is 2.89. The van der Waals surface area contributed by atoms with Gasteiger partial charge in [0.2, 0.25) is 0 Å². The number of aromatic nitrogens is 1. The number of hydrogen-bond acceptors (Lipinski definition) is 4. The SMILES string of the molecule is CNc1cncc(N(CCO)C(C)C)c1. The van der Waals surface area contributed by atoms with Crippen LogP contribution in [0.4, 0.5) is 11.4 Å². The van der Waals surface area contributed by atoms with E-state index in [9.17, 15) is 0 Å². The first-order chi connectivity index (χ1) is 7.19. The van der Waals surface area contributed by atoms with E-state index < -0.39 is 0 Å². The fraction of sp³-hybridized carbons (Fsp3) is 0.545. The molecule has 0 saturated carbocycles. The van der Waals surface area contributed by atoms with Crippen molar-refractivity contribution in [2.24, 2.45) is 0 Å². The van der Waals surface area contributed by atoms with Crippen LogP contribution in [0.15, 0.2) is 18.5 Å². The summed E-state index contributed by atoms with van der Waals surface area (Å²) in [6.07, 6.45) is 3.59. The summed E-state index contributed by atoms with van der Waals surface area (Å²) in [5.41, 5.74) is 2.02. The lowest BCUT2D eigenvalue weighted by Crippen LogP contribution is -2.33. The van der Waals surface area contributed by atoms with Crippen molar-refractivity contribution >= 4 is 11.4 Å². The second-order valence-corrected chi connectivity index (χ2v) is 3.69. The Hall–Kier alpha value is -1.29. The number of nitrogens with one attached hydrogen (secondary N) is 1. The average molecular weight is 209 g/mol. The van der Waals surface area contributed by atoms with Gasteiger partial charge in [0.05, 0.1) is 30.4 Å². The van der Waals surface area contributed by atoms with Gasteiger partial charge in [0.1, 0.15) is 0 Å². The molecule has 4 heteroatoms. The third-order valence-corrected chi connectivity index (χ3v) is 2.31. The molecule has 1 rings (SSSR count). The van der Waals surface area contributed by atoms with Crippen molar-refractivity contribution in [3.63, 3.8) is 0 Å². The quantitative estimate of drug-likeness (QED) is 0.768. The van der Waals surface area contributed by atoms with Crippen molar-refractivity contribution in [3.8, 4) is 0 Å². The maximum Gasteiger partial charge on any atom is 0.0606 e. The summed E-state index contributed by atoms with van der Waals surface area (Å²) in [7, 11) is 1.87. The van der Waals surface area contributed by atoms with Crippen LogP contribution in [-0.4, -0.2) is 36.3 Å². The first-order valence-electron chi connectivity index (χ1n) is 5.19. The summed E-state index contributed by atoms with van der Waals surface area (Å²) in [5, 5.41) is 12.0. The molecule has 0 aliphatic carbocycles. The maximum absolute atomic E-state index is 9.00. The third kappa shape index (κ3) is 3.09. The molecule has 1 heterocycles. The Morgan fingerprint density at radius 3 is 2.73 bits per heavy atom. The van der Waals surface area contributed by atoms with E-state index in [-0.39, 0.29) is 6.61 Å². The van der Waals surface area contributed by atoms with Crippen molar-refractivity contribution < 1.29 is 5.11 Å². The number of anilines is 2. The highest BCUT2D eigenvalue weighted by molar-refractivity contribution is 5.55. The van der Waals surface area contributed by atoms with Gasteiger partial charge in [-0.2, -0.15) is 0 Å². The van der Waals surface area contributed by atoms with E-state index in [0.717, 1.165) is 11.4 Å². The molecular formula is C11H19N3O. The van der Waals surface area contributed by atoms with Gasteiger partial charge < -0.3 is 15.3 Å². The van der Waals surface area contributed by atoms with E-state index in [4.69, 9.17) is 5.11 Å². The van der Waals surface area contributed by atoms with Gasteiger partial charge in [-0.05, 0) is 19.9 Å². The van der Waals surface area contributed by atoms with Gasteiger partial charge in [-0.1, -0.05) is 0 Å². The van der Waals surface area contributed by atoms with Crippen LogP contribution in [0.3, 0.4) is 0 Å². The molecule has 2 N–H and O–H groups in total. The molecule has 0 aromatic carbocycles. The lowest BCUT2D eigenvalue weighted by molar-refractivity contribution is 0.299. The lowest BCUT2D eigenvalue weighted by atomic mass is 10.2. The van der Waals surface area contributed by atoms with Crippen LogP contribution in [0.5, 0.6) is 0 Å². The zero-order chi connectivity index (χ0) is 11.3. The van der Waals surface area contributed by atoms with Crippen LogP contribution in [0.2, 0.25) is 0 Å². The number of hydrogen-bond donors (Lipinski definition) is 2. The summed E-state index contributed by atoms with van der Waals surface area (Å²) in [5.74, 6) is 0. The van der Waals surface area contributed by atoms with Crippen molar-refractivity contribution in [2.45, 2.75) is 19.9 Å². The Bertz CT molecular complexity index is 302. The van der Waals surface area contributed by atoms with E-state index >= 15 is 0 Å². The molecule has 1 aromatic rings. The molecule has 15 heavy (non-hydrogen) atoms. The number of pyridine rings is 1. The van der Waals surface area contributed by atoms with E-state index in [2.05, 4.69) is 29.0 Å².